The van der Waals surface area contributed by atoms with Gasteiger partial charge < -0.3 is 4.52 Å². The van der Waals surface area contributed by atoms with Gasteiger partial charge in [0.1, 0.15) is 5.76 Å². The first kappa shape index (κ1) is 14.7. The van der Waals surface area contributed by atoms with E-state index in [4.69, 9.17) is 4.52 Å². The second kappa shape index (κ2) is 6.15. The molecule has 6 nitrogen and oxygen atoms in total. The van der Waals surface area contributed by atoms with E-state index in [9.17, 15) is 10.1 Å². The van der Waals surface area contributed by atoms with Crippen molar-refractivity contribution in [2.75, 3.05) is 7.05 Å². The molecule has 1 aromatic heterocycles. The van der Waals surface area contributed by atoms with Crippen molar-refractivity contribution in [2.24, 2.45) is 0 Å². The molecule has 2 aromatic rings. The Morgan fingerprint density at radius 1 is 1.40 bits per heavy atom. The van der Waals surface area contributed by atoms with Crippen molar-refractivity contribution in [2.45, 2.75) is 20.0 Å². The standard InChI is InChI=1S/C13H14BrN3O3/c1-9-5-11(15-20-9)8-16(2)7-10-3-4-12(14)13(6-10)17(18)19/h3-6H,7-8H2,1-2H3. The Labute approximate surface area is 124 Å². The molecule has 0 saturated heterocycles. The highest BCUT2D eigenvalue weighted by atomic mass is 79.9. The van der Waals surface area contributed by atoms with Gasteiger partial charge in [0.05, 0.1) is 15.1 Å². The summed E-state index contributed by atoms with van der Waals surface area (Å²) in [4.78, 5) is 12.5. The van der Waals surface area contributed by atoms with E-state index in [-0.39, 0.29) is 5.69 Å². The minimum absolute atomic E-state index is 0.0770. The predicted molar refractivity (Wildman–Crippen MR) is 77.2 cm³/mol. The third kappa shape index (κ3) is 3.64. The van der Waals surface area contributed by atoms with E-state index in [2.05, 4.69) is 21.1 Å². The average molecular weight is 340 g/mol. The minimum Gasteiger partial charge on any atom is -0.361 e. The fraction of sp³-hybridized carbons (Fsp3) is 0.308. The zero-order valence-electron chi connectivity index (χ0n) is 11.2. The van der Waals surface area contributed by atoms with Gasteiger partial charge >= 0.3 is 0 Å². The summed E-state index contributed by atoms with van der Waals surface area (Å²) in [5, 5.41) is 14.8. The van der Waals surface area contributed by atoms with Crippen LogP contribution in [0.3, 0.4) is 0 Å². The molecule has 0 atom stereocenters. The minimum atomic E-state index is -0.394. The molecule has 0 bridgehead atoms. The van der Waals surface area contributed by atoms with Gasteiger partial charge in [-0.3, -0.25) is 15.0 Å². The normalized spacial score (nSPS) is 11.0. The molecule has 0 radical (unpaired) electrons. The molecule has 0 amide bonds. The number of hydrogen-bond donors (Lipinski definition) is 0. The second-order valence-corrected chi connectivity index (χ2v) is 5.50. The van der Waals surface area contributed by atoms with Gasteiger partial charge in [-0.05, 0) is 41.5 Å². The van der Waals surface area contributed by atoms with Crippen molar-refractivity contribution in [1.82, 2.24) is 10.1 Å². The number of rotatable bonds is 5. The Bertz CT molecular complexity index is 627. The molecule has 0 aliphatic rings. The summed E-state index contributed by atoms with van der Waals surface area (Å²) in [6.45, 7) is 3.07. The Kier molecular flexibility index (Phi) is 4.51. The van der Waals surface area contributed by atoms with Crippen LogP contribution in [-0.2, 0) is 13.1 Å². The number of benzene rings is 1. The zero-order valence-corrected chi connectivity index (χ0v) is 12.8. The maximum atomic E-state index is 10.9. The van der Waals surface area contributed by atoms with Crippen LogP contribution in [0.1, 0.15) is 17.0 Å². The van der Waals surface area contributed by atoms with Gasteiger partial charge in [0, 0.05) is 25.2 Å². The number of aromatic nitrogens is 1. The summed E-state index contributed by atoms with van der Waals surface area (Å²) >= 11 is 3.18. The van der Waals surface area contributed by atoms with Crippen molar-refractivity contribution in [3.63, 3.8) is 0 Å². The zero-order chi connectivity index (χ0) is 14.7. The van der Waals surface area contributed by atoms with Gasteiger partial charge in [0.25, 0.3) is 5.69 Å². The first-order chi connectivity index (χ1) is 9.45. The van der Waals surface area contributed by atoms with Crippen molar-refractivity contribution >= 4 is 21.6 Å². The summed E-state index contributed by atoms with van der Waals surface area (Å²) in [7, 11) is 1.93. The summed E-state index contributed by atoms with van der Waals surface area (Å²) in [6.07, 6.45) is 0. The molecule has 0 aliphatic carbocycles. The van der Waals surface area contributed by atoms with Gasteiger partial charge in [-0.25, -0.2) is 0 Å². The van der Waals surface area contributed by atoms with E-state index in [1.165, 1.54) is 0 Å². The number of halogens is 1. The third-order valence-electron chi connectivity index (χ3n) is 2.77. The fourth-order valence-electron chi connectivity index (χ4n) is 1.93. The number of hydrogen-bond acceptors (Lipinski definition) is 5. The van der Waals surface area contributed by atoms with E-state index in [0.29, 0.717) is 17.6 Å². The molecule has 0 N–H and O–H groups in total. The van der Waals surface area contributed by atoms with E-state index < -0.39 is 4.92 Å². The van der Waals surface area contributed by atoms with Crippen molar-refractivity contribution in [3.05, 3.63) is 55.9 Å². The summed E-state index contributed by atoms with van der Waals surface area (Å²) in [6, 6.07) is 7.01. The fourth-order valence-corrected chi connectivity index (χ4v) is 2.32. The molecule has 0 spiro atoms. The molecular weight excluding hydrogens is 326 g/mol. The van der Waals surface area contributed by atoms with Crippen LogP contribution >= 0.6 is 15.9 Å². The van der Waals surface area contributed by atoms with Crippen LogP contribution < -0.4 is 0 Å². The Morgan fingerprint density at radius 3 is 2.75 bits per heavy atom. The first-order valence-corrected chi connectivity index (χ1v) is 6.78. The summed E-state index contributed by atoms with van der Waals surface area (Å²) in [5.74, 6) is 0.771. The topological polar surface area (TPSA) is 72.4 Å². The van der Waals surface area contributed by atoms with Crippen LogP contribution in [0, 0.1) is 17.0 Å². The molecule has 0 fully saturated rings. The van der Waals surface area contributed by atoms with Crippen LogP contribution in [0.4, 0.5) is 5.69 Å². The Morgan fingerprint density at radius 2 is 2.15 bits per heavy atom. The molecule has 0 unspecified atom stereocenters. The highest BCUT2D eigenvalue weighted by Crippen LogP contribution is 2.26. The van der Waals surface area contributed by atoms with E-state index >= 15 is 0 Å². The molecule has 1 aromatic carbocycles. The van der Waals surface area contributed by atoms with Crippen molar-refractivity contribution in [3.8, 4) is 0 Å². The quantitative estimate of drug-likeness (QED) is 0.617. The Hall–Kier alpha value is -1.73. The van der Waals surface area contributed by atoms with Gasteiger partial charge in [-0.2, -0.15) is 0 Å². The van der Waals surface area contributed by atoms with Crippen molar-refractivity contribution < 1.29 is 9.45 Å². The molecule has 0 aliphatic heterocycles. The first-order valence-electron chi connectivity index (χ1n) is 5.99. The molecular formula is C13H14BrN3O3. The van der Waals surface area contributed by atoms with Crippen LogP contribution in [0.25, 0.3) is 0 Å². The monoisotopic (exact) mass is 339 g/mol. The smallest absolute Gasteiger partial charge is 0.283 e. The lowest BCUT2D eigenvalue weighted by atomic mass is 10.2. The SMILES string of the molecule is Cc1cc(CN(C)Cc2ccc(Br)c([N+](=O)[O-])c2)no1. The van der Waals surface area contributed by atoms with E-state index in [1.807, 2.05) is 31.0 Å². The van der Waals surface area contributed by atoms with Crippen molar-refractivity contribution in [1.29, 1.82) is 0 Å². The average Bonchev–Trinajstić information content (AvgIpc) is 2.76. The number of aryl methyl sites for hydroxylation is 1. The van der Waals surface area contributed by atoms with Gasteiger partial charge in [0.15, 0.2) is 0 Å². The van der Waals surface area contributed by atoms with Gasteiger partial charge in [-0.1, -0.05) is 11.2 Å². The summed E-state index contributed by atoms with van der Waals surface area (Å²) in [5.41, 5.74) is 1.80. The van der Waals surface area contributed by atoms with Crippen LogP contribution in [0.15, 0.2) is 33.3 Å². The maximum Gasteiger partial charge on any atom is 0.283 e. The second-order valence-electron chi connectivity index (χ2n) is 4.64. The van der Waals surface area contributed by atoms with Crippen LogP contribution in [-0.4, -0.2) is 22.0 Å². The lowest BCUT2D eigenvalue weighted by molar-refractivity contribution is -0.385. The Balaban J connectivity index is 2.06. The highest BCUT2D eigenvalue weighted by molar-refractivity contribution is 9.10. The van der Waals surface area contributed by atoms with Crippen LogP contribution in [0.2, 0.25) is 0 Å². The molecule has 0 saturated carbocycles. The molecule has 1 heterocycles. The molecule has 20 heavy (non-hydrogen) atoms. The largest absolute Gasteiger partial charge is 0.361 e. The van der Waals surface area contributed by atoms with Crippen LogP contribution in [0.5, 0.6) is 0 Å². The van der Waals surface area contributed by atoms with E-state index in [0.717, 1.165) is 17.0 Å². The lowest BCUT2D eigenvalue weighted by Gasteiger charge is -2.14. The molecule has 106 valence electrons. The van der Waals surface area contributed by atoms with Gasteiger partial charge in [-0.15, -0.1) is 0 Å². The lowest BCUT2D eigenvalue weighted by Crippen LogP contribution is -2.17. The summed E-state index contributed by atoms with van der Waals surface area (Å²) < 4.78 is 5.50. The number of nitro benzene ring substituents is 1. The highest BCUT2D eigenvalue weighted by Gasteiger charge is 2.13. The maximum absolute atomic E-state index is 10.9. The predicted octanol–water partition coefficient (Wildman–Crippen LogP) is 3.29. The van der Waals surface area contributed by atoms with E-state index in [1.54, 1.807) is 12.1 Å². The number of nitro groups is 1. The number of nitrogens with zero attached hydrogens (tertiary/aromatic N) is 3. The third-order valence-corrected chi connectivity index (χ3v) is 3.44. The molecule has 7 heteroatoms. The van der Waals surface area contributed by atoms with Gasteiger partial charge in [0.2, 0.25) is 0 Å². The molecule has 2 rings (SSSR count).